The van der Waals surface area contributed by atoms with Crippen LogP contribution in [0.2, 0.25) is 0 Å². The summed E-state index contributed by atoms with van der Waals surface area (Å²) in [4.78, 5) is 26.5. The molecule has 7 heteroatoms. The van der Waals surface area contributed by atoms with Gasteiger partial charge in [0.05, 0.1) is 22.6 Å². The third kappa shape index (κ3) is 2.35. The highest BCUT2D eigenvalue weighted by Gasteiger charge is 2.12. The minimum atomic E-state index is -0.509. The Balaban J connectivity index is 2.29. The van der Waals surface area contributed by atoms with Gasteiger partial charge in [0.1, 0.15) is 11.1 Å². The predicted molar refractivity (Wildman–Crippen MR) is 65.5 cm³/mol. The van der Waals surface area contributed by atoms with Crippen molar-refractivity contribution >= 4 is 23.0 Å². The number of nitrogens with zero attached hydrogens (tertiary/aromatic N) is 2. The molecule has 0 fully saturated rings. The summed E-state index contributed by atoms with van der Waals surface area (Å²) in [6, 6.07) is 6.28. The second-order valence-corrected chi connectivity index (χ2v) is 4.40. The number of esters is 1. The monoisotopic (exact) mass is 264 g/mol. The molecule has 0 amide bonds. The summed E-state index contributed by atoms with van der Waals surface area (Å²) in [5.74, 6) is -0.409. The summed E-state index contributed by atoms with van der Waals surface area (Å²) < 4.78 is 4.60. The summed E-state index contributed by atoms with van der Waals surface area (Å²) in [5.41, 5.74) is 0.518. The van der Waals surface area contributed by atoms with Gasteiger partial charge in [-0.15, -0.1) is 11.3 Å². The first kappa shape index (κ1) is 12.2. The highest BCUT2D eigenvalue weighted by molar-refractivity contribution is 7.17. The normalized spacial score (nSPS) is 10.1. The van der Waals surface area contributed by atoms with E-state index in [1.165, 1.54) is 30.7 Å². The number of carbonyl (C=O) groups is 1. The molecule has 0 N–H and O–H groups in total. The molecule has 18 heavy (non-hydrogen) atoms. The van der Waals surface area contributed by atoms with Gasteiger partial charge in [0.25, 0.3) is 5.69 Å². The number of pyridine rings is 1. The maximum absolute atomic E-state index is 11.3. The fourth-order valence-corrected chi connectivity index (χ4v) is 2.23. The van der Waals surface area contributed by atoms with Gasteiger partial charge in [0, 0.05) is 6.07 Å². The van der Waals surface area contributed by atoms with Crippen LogP contribution in [0.15, 0.2) is 30.5 Å². The van der Waals surface area contributed by atoms with Crippen molar-refractivity contribution in [2.24, 2.45) is 0 Å². The maximum atomic E-state index is 11.3. The van der Waals surface area contributed by atoms with Crippen LogP contribution in [0.25, 0.3) is 10.6 Å². The number of hydrogen-bond acceptors (Lipinski definition) is 6. The van der Waals surface area contributed by atoms with Crippen LogP contribution in [0.4, 0.5) is 5.69 Å². The van der Waals surface area contributed by atoms with Gasteiger partial charge >= 0.3 is 5.97 Å². The average molecular weight is 264 g/mol. The lowest BCUT2D eigenvalue weighted by atomic mass is 10.3. The standard InChI is InChI=1S/C11H8N2O4S/c1-17-11(14)10-5-4-9(18-10)8-3-2-7(6-12-8)13(15)16/h2-6H,1H3. The minimum Gasteiger partial charge on any atom is -0.465 e. The second-order valence-electron chi connectivity index (χ2n) is 3.31. The van der Waals surface area contributed by atoms with Crippen LogP contribution < -0.4 is 0 Å². The van der Waals surface area contributed by atoms with E-state index in [1.807, 2.05) is 0 Å². The molecule has 2 aromatic rings. The minimum absolute atomic E-state index is 0.0662. The van der Waals surface area contributed by atoms with E-state index in [0.29, 0.717) is 10.6 Å². The lowest BCUT2D eigenvalue weighted by molar-refractivity contribution is -0.385. The molecule has 0 aliphatic carbocycles. The van der Waals surface area contributed by atoms with Crippen molar-refractivity contribution in [3.05, 3.63) is 45.5 Å². The number of aromatic nitrogens is 1. The smallest absolute Gasteiger partial charge is 0.348 e. The first-order chi connectivity index (χ1) is 8.61. The summed E-state index contributed by atoms with van der Waals surface area (Å²) in [7, 11) is 1.31. The van der Waals surface area contributed by atoms with Gasteiger partial charge in [-0.3, -0.25) is 10.1 Å². The van der Waals surface area contributed by atoms with Crippen molar-refractivity contribution in [3.8, 4) is 10.6 Å². The van der Waals surface area contributed by atoms with Gasteiger partial charge in [-0.1, -0.05) is 0 Å². The zero-order valence-corrected chi connectivity index (χ0v) is 10.1. The molecular formula is C11H8N2O4S. The topological polar surface area (TPSA) is 82.3 Å². The Morgan fingerprint density at radius 3 is 2.72 bits per heavy atom. The van der Waals surface area contributed by atoms with Gasteiger partial charge in [-0.25, -0.2) is 9.78 Å². The molecule has 0 spiro atoms. The van der Waals surface area contributed by atoms with E-state index in [4.69, 9.17) is 0 Å². The van der Waals surface area contributed by atoms with E-state index in [-0.39, 0.29) is 5.69 Å². The van der Waals surface area contributed by atoms with Gasteiger partial charge in [-0.2, -0.15) is 0 Å². The lowest BCUT2D eigenvalue weighted by Crippen LogP contribution is -1.96. The van der Waals surface area contributed by atoms with Crippen LogP contribution >= 0.6 is 11.3 Å². The molecule has 0 aliphatic heterocycles. The largest absolute Gasteiger partial charge is 0.465 e. The van der Waals surface area contributed by atoms with Gasteiger partial charge in [0.2, 0.25) is 0 Å². The molecule has 2 aromatic heterocycles. The maximum Gasteiger partial charge on any atom is 0.348 e. The molecule has 0 saturated carbocycles. The van der Waals surface area contributed by atoms with Crippen LogP contribution in [-0.2, 0) is 4.74 Å². The Labute approximate surface area is 106 Å². The summed E-state index contributed by atoms with van der Waals surface area (Å²) in [5, 5.41) is 10.5. The molecule has 92 valence electrons. The molecule has 2 heterocycles. The Bertz CT molecular complexity index is 591. The molecule has 0 aliphatic rings. The molecule has 0 saturated heterocycles. The number of nitro groups is 1. The number of hydrogen-bond donors (Lipinski definition) is 0. The number of thiophene rings is 1. The molecule has 0 atom stereocenters. The third-order valence-electron chi connectivity index (χ3n) is 2.20. The molecular weight excluding hydrogens is 256 g/mol. The Hall–Kier alpha value is -2.28. The number of ether oxygens (including phenoxy) is 1. The Morgan fingerprint density at radius 1 is 1.39 bits per heavy atom. The van der Waals surface area contributed by atoms with Crippen molar-refractivity contribution in [2.45, 2.75) is 0 Å². The van der Waals surface area contributed by atoms with Crippen LogP contribution in [0.1, 0.15) is 9.67 Å². The van der Waals surface area contributed by atoms with Gasteiger partial charge in [0.15, 0.2) is 0 Å². The van der Waals surface area contributed by atoms with Crippen LogP contribution in [0.3, 0.4) is 0 Å². The average Bonchev–Trinajstić information content (AvgIpc) is 2.87. The van der Waals surface area contributed by atoms with E-state index in [0.717, 1.165) is 4.88 Å². The van der Waals surface area contributed by atoms with Crippen molar-refractivity contribution in [2.75, 3.05) is 7.11 Å². The predicted octanol–water partition coefficient (Wildman–Crippen LogP) is 2.50. The molecule has 0 bridgehead atoms. The van der Waals surface area contributed by atoms with E-state index in [9.17, 15) is 14.9 Å². The molecule has 0 aromatic carbocycles. The van der Waals surface area contributed by atoms with Crippen LogP contribution in [0.5, 0.6) is 0 Å². The third-order valence-corrected chi connectivity index (χ3v) is 3.29. The zero-order valence-electron chi connectivity index (χ0n) is 9.32. The highest BCUT2D eigenvalue weighted by atomic mass is 32.1. The summed E-state index contributed by atoms with van der Waals surface area (Å²) in [6.45, 7) is 0. The van der Waals surface area contributed by atoms with E-state index in [1.54, 1.807) is 18.2 Å². The lowest BCUT2D eigenvalue weighted by Gasteiger charge is -1.96. The number of methoxy groups -OCH3 is 1. The van der Waals surface area contributed by atoms with Crippen LogP contribution in [-0.4, -0.2) is 23.0 Å². The first-order valence-corrected chi connectivity index (χ1v) is 5.72. The van der Waals surface area contributed by atoms with E-state index in [2.05, 4.69) is 9.72 Å². The van der Waals surface area contributed by atoms with Gasteiger partial charge in [-0.05, 0) is 18.2 Å². The quantitative estimate of drug-likeness (QED) is 0.483. The van der Waals surface area contributed by atoms with Crippen molar-refractivity contribution in [1.82, 2.24) is 4.98 Å². The van der Waals surface area contributed by atoms with Crippen molar-refractivity contribution in [3.63, 3.8) is 0 Å². The number of rotatable bonds is 3. The van der Waals surface area contributed by atoms with Gasteiger partial charge < -0.3 is 4.74 Å². The fourth-order valence-electron chi connectivity index (χ4n) is 1.33. The zero-order chi connectivity index (χ0) is 13.1. The van der Waals surface area contributed by atoms with Crippen LogP contribution in [0, 0.1) is 10.1 Å². The molecule has 2 rings (SSSR count). The number of carbonyl (C=O) groups excluding carboxylic acids is 1. The van der Waals surface area contributed by atoms with Crippen molar-refractivity contribution in [1.29, 1.82) is 0 Å². The Kier molecular flexibility index (Phi) is 3.33. The molecule has 0 unspecified atom stereocenters. The molecule has 6 nitrogen and oxygen atoms in total. The summed E-state index contributed by atoms with van der Waals surface area (Å²) >= 11 is 1.23. The molecule has 0 radical (unpaired) electrons. The summed E-state index contributed by atoms with van der Waals surface area (Å²) in [6.07, 6.45) is 1.19. The van der Waals surface area contributed by atoms with Crippen molar-refractivity contribution < 1.29 is 14.5 Å². The second kappa shape index (κ2) is 4.92. The fraction of sp³-hybridized carbons (Fsp3) is 0.0909. The van der Waals surface area contributed by atoms with E-state index < -0.39 is 10.9 Å². The first-order valence-electron chi connectivity index (χ1n) is 4.91. The SMILES string of the molecule is COC(=O)c1ccc(-c2ccc([N+](=O)[O-])cn2)s1. The Morgan fingerprint density at radius 2 is 2.17 bits per heavy atom. The highest BCUT2D eigenvalue weighted by Crippen LogP contribution is 2.27. The van der Waals surface area contributed by atoms with E-state index >= 15 is 0 Å².